The molecule has 23 heavy (non-hydrogen) atoms. The van der Waals surface area contributed by atoms with Crippen LogP contribution >= 0.6 is 0 Å². The molecule has 0 saturated heterocycles. The lowest BCUT2D eigenvalue weighted by atomic mass is 10.1. The molecular formula is C18H21NO4. The van der Waals surface area contributed by atoms with Crippen molar-refractivity contribution in [3.63, 3.8) is 0 Å². The van der Waals surface area contributed by atoms with E-state index >= 15 is 0 Å². The second-order valence-electron chi connectivity index (χ2n) is 4.89. The highest BCUT2D eigenvalue weighted by Gasteiger charge is 2.12. The Morgan fingerprint density at radius 1 is 1.13 bits per heavy atom. The molecule has 5 heteroatoms. The number of nitrogens with zero attached hydrogens (tertiary/aromatic N) is 1. The quantitative estimate of drug-likeness (QED) is 0.553. The monoisotopic (exact) mass is 315 g/mol. The highest BCUT2D eigenvalue weighted by molar-refractivity contribution is 5.90. The van der Waals surface area contributed by atoms with Crippen LogP contribution < -0.4 is 9.47 Å². The van der Waals surface area contributed by atoms with Crippen LogP contribution in [0.1, 0.15) is 29.3 Å². The average molecular weight is 315 g/mol. The van der Waals surface area contributed by atoms with Gasteiger partial charge in [0.1, 0.15) is 0 Å². The Morgan fingerprint density at radius 2 is 1.91 bits per heavy atom. The summed E-state index contributed by atoms with van der Waals surface area (Å²) in [6, 6.07) is 8.95. The number of hydrogen-bond donors (Lipinski definition) is 0. The SMILES string of the molecule is CCOc1ccc(C(=O)OCCCc2ccncc2)cc1OC. The van der Waals surface area contributed by atoms with Gasteiger partial charge in [0.25, 0.3) is 0 Å². The van der Waals surface area contributed by atoms with Crippen molar-refractivity contribution in [3.05, 3.63) is 53.9 Å². The van der Waals surface area contributed by atoms with Gasteiger partial charge in [-0.15, -0.1) is 0 Å². The van der Waals surface area contributed by atoms with Crippen molar-refractivity contribution in [3.8, 4) is 11.5 Å². The van der Waals surface area contributed by atoms with Crippen LogP contribution in [0.25, 0.3) is 0 Å². The van der Waals surface area contributed by atoms with E-state index in [-0.39, 0.29) is 5.97 Å². The molecule has 1 heterocycles. The number of aryl methyl sites for hydroxylation is 1. The Hall–Kier alpha value is -2.56. The van der Waals surface area contributed by atoms with E-state index in [1.54, 1.807) is 37.7 Å². The highest BCUT2D eigenvalue weighted by atomic mass is 16.5. The highest BCUT2D eigenvalue weighted by Crippen LogP contribution is 2.28. The Morgan fingerprint density at radius 3 is 2.61 bits per heavy atom. The number of carbonyl (C=O) groups excluding carboxylic acids is 1. The van der Waals surface area contributed by atoms with Crippen LogP contribution in [0.15, 0.2) is 42.7 Å². The summed E-state index contributed by atoms with van der Waals surface area (Å²) in [5.74, 6) is 0.781. The summed E-state index contributed by atoms with van der Waals surface area (Å²) in [5.41, 5.74) is 1.63. The van der Waals surface area contributed by atoms with Gasteiger partial charge in [0.05, 0.1) is 25.9 Å². The summed E-state index contributed by atoms with van der Waals surface area (Å²) >= 11 is 0. The molecule has 0 amide bonds. The second-order valence-corrected chi connectivity index (χ2v) is 4.89. The first kappa shape index (κ1) is 16.8. The van der Waals surface area contributed by atoms with Crippen molar-refractivity contribution in [1.29, 1.82) is 0 Å². The summed E-state index contributed by atoms with van der Waals surface area (Å²) in [6.45, 7) is 2.80. The van der Waals surface area contributed by atoms with Crippen LogP contribution in [0.3, 0.4) is 0 Å². The lowest BCUT2D eigenvalue weighted by molar-refractivity contribution is 0.0500. The van der Waals surface area contributed by atoms with Gasteiger partial charge in [-0.05, 0) is 55.7 Å². The molecule has 0 aliphatic rings. The first-order chi connectivity index (χ1) is 11.2. The van der Waals surface area contributed by atoms with Gasteiger partial charge in [0.15, 0.2) is 11.5 Å². The number of ether oxygens (including phenoxy) is 3. The smallest absolute Gasteiger partial charge is 0.338 e. The van der Waals surface area contributed by atoms with Gasteiger partial charge in [-0.1, -0.05) is 0 Å². The largest absolute Gasteiger partial charge is 0.493 e. The van der Waals surface area contributed by atoms with Crippen LogP contribution in [-0.2, 0) is 11.2 Å². The molecule has 2 aromatic rings. The third-order valence-corrected chi connectivity index (χ3v) is 3.29. The minimum atomic E-state index is -0.360. The fourth-order valence-corrected chi connectivity index (χ4v) is 2.14. The van der Waals surface area contributed by atoms with Crippen LogP contribution in [0, 0.1) is 0 Å². The zero-order chi connectivity index (χ0) is 16.5. The van der Waals surface area contributed by atoms with E-state index < -0.39 is 0 Å². The average Bonchev–Trinajstić information content (AvgIpc) is 2.60. The molecule has 0 aliphatic carbocycles. The van der Waals surface area contributed by atoms with Gasteiger partial charge in [0.2, 0.25) is 0 Å². The summed E-state index contributed by atoms with van der Waals surface area (Å²) in [7, 11) is 1.54. The fraction of sp³-hybridized carbons (Fsp3) is 0.333. The molecule has 0 saturated carbocycles. The molecule has 122 valence electrons. The van der Waals surface area contributed by atoms with E-state index in [0.717, 1.165) is 12.8 Å². The Kier molecular flexibility index (Phi) is 6.41. The van der Waals surface area contributed by atoms with E-state index in [1.165, 1.54) is 5.56 Å². The number of pyridine rings is 1. The molecule has 0 bridgehead atoms. The number of aromatic nitrogens is 1. The number of esters is 1. The summed E-state index contributed by atoms with van der Waals surface area (Å²) in [5, 5.41) is 0. The normalized spacial score (nSPS) is 10.2. The minimum Gasteiger partial charge on any atom is -0.493 e. The molecule has 0 radical (unpaired) electrons. The zero-order valence-electron chi connectivity index (χ0n) is 13.5. The van der Waals surface area contributed by atoms with Crippen molar-refractivity contribution in [2.24, 2.45) is 0 Å². The maximum absolute atomic E-state index is 12.1. The molecule has 1 aromatic heterocycles. The first-order valence-corrected chi connectivity index (χ1v) is 7.61. The van der Waals surface area contributed by atoms with E-state index in [1.807, 2.05) is 19.1 Å². The summed E-state index contributed by atoms with van der Waals surface area (Å²) in [6.07, 6.45) is 5.13. The van der Waals surface area contributed by atoms with E-state index in [0.29, 0.717) is 30.3 Å². The summed E-state index contributed by atoms with van der Waals surface area (Å²) in [4.78, 5) is 16.0. The molecule has 0 N–H and O–H groups in total. The molecule has 5 nitrogen and oxygen atoms in total. The van der Waals surface area contributed by atoms with Gasteiger partial charge < -0.3 is 14.2 Å². The number of carbonyl (C=O) groups is 1. The Labute approximate surface area is 136 Å². The molecule has 0 spiro atoms. The number of methoxy groups -OCH3 is 1. The zero-order valence-corrected chi connectivity index (χ0v) is 13.5. The predicted molar refractivity (Wildman–Crippen MR) is 87.0 cm³/mol. The molecule has 0 atom stereocenters. The third kappa shape index (κ3) is 4.98. The van der Waals surface area contributed by atoms with Crippen molar-refractivity contribution >= 4 is 5.97 Å². The van der Waals surface area contributed by atoms with Crippen LogP contribution in [0.5, 0.6) is 11.5 Å². The second kappa shape index (κ2) is 8.78. The van der Waals surface area contributed by atoms with Gasteiger partial charge in [-0.3, -0.25) is 4.98 Å². The van der Waals surface area contributed by atoms with Gasteiger partial charge in [-0.25, -0.2) is 4.79 Å². The molecule has 2 rings (SSSR count). The van der Waals surface area contributed by atoms with E-state index in [4.69, 9.17) is 14.2 Å². The summed E-state index contributed by atoms with van der Waals surface area (Å²) < 4.78 is 16.0. The van der Waals surface area contributed by atoms with E-state index in [9.17, 15) is 4.79 Å². The molecular weight excluding hydrogens is 294 g/mol. The lowest BCUT2D eigenvalue weighted by Crippen LogP contribution is -2.08. The maximum atomic E-state index is 12.1. The molecule has 0 unspecified atom stereocenters. The predicted octanol–water partition coefficient (Wildman–Crippen LogP) is 3.28. The minimum absolute atomic E-state index is 0.360. The van der Waals surface area contributed by atoms with Crippen molar-refractivity contribution in [1.82, 2.24) is 4.98 Å². The van der Waals surface area contributed by atoms with E-state index in [2.05, 4.69) is 4.98 Å². The Bertz CT molecular complexity index is 628. The van der Waals surface area contributed by atoms with Crippen molar-refractivity contribution in [2.45, 2.75) is 19.8 Å². The molecule has 0 fully saturated rings. The molecule has 0 aliphatic heterocycles. The Balaban J connectivity index is 1.85. The number of rotatable bonds is 8. The van der Waals surface area contributed by atoms with Gasteiger partial charge in [0, 0.05) is 12.4 Å². The van der Waals surface area contributed by atoms with Gasteiger partial charge >= 0.3 is 5.97 Å². The third-order valence-electron chi connectivity index (χ3n) is 3.29. The maximum Gasteiger partial charge on any atom is 0.338 e. The molecule has 1 aromatic carbocycles. The van der Waals surface area contributed by atoms with Gasteiger partial charge in [-0.2, -0.15) is 0 Å². The van der Waals surface area contributed by atoms with Crippen LogP contribution in [0.4, 0.5) is 0 Å². The first-order valence-electron chi connectivity index (χ1n) is 7.61. The van der Waals surface area contributed by atoms with Crippen LogP contribution in [0.2, 0.25) is 0 Å². The standard InChI is InChI=1S/C18H21NO4/c1-3-22-16-7-6-15(13-17(16)21-2)18(20)23-12-4-5-14-8-10-19-11-9-14/h6-11,13H,3-5,12H2,1-2H3. The number of hydrogen-bond acceptors (Lipinski definition) is 5. The number of benzene rings is 1. The van der Waals surface area contributed by atoms with Crippen LogP contribution in [-0.4, -0.2) is 31.3 Å². The lowest BCUT2D eigenvalue weighted by Gasteiger charge is -2.11. The van der Waals surface area contributed by atoms with Crippen molar-refractivity contribution in [2.75, 3.05) is 20.3 Å². The van der Waals surface area contributed by atoms with Crippen molar-refractivity contribution < 1.29 is 19.0 Å². The fourth-order valence-electron chi connectivity index (χ4n) is 2.14. The topological polar surface area (TPSA) is 57.7 Å².